The van der Waals surface area contributed by atoms with E-state index in [4.69, 9.17) is 18.6 Å². The van der Waals surface area contributed by atoms with E-state index in [1.807, 2.05) is 0 Å². The third-order valence-electron chi connectivity index (χ3n) is 6.40. The Balaban J connectivity index is 1.56. The molecule has 7 nitrogen and oxygen atoms in total. The fraction of sp³-hybridized carbons (Fsp3) is 0.409. The first-order valence-corrected chi connectivity index (χ1v) is 9.67. The van der Waals surface area contributed by atoms with Crippen LogP contribution in [0.3, 0.4) is 0 Å². The van der Waals surface area contributed by atoms with Crippen molar-refractivity contribution in [2.75, 3.05) is 0 Å². The largest absolute Gasteiger partial charge is 0.472 e. The van der Waals surface area contributed by atoms with E-state index < -0.39 is 41.4 Å². The van der Waals surface area contributed by atoms with E-state index in [0.29, 0.717) is 24.0 Å². The molecular weight excluding hydrogens is 376 g/mol. The Morgan fingerprint density at radius 3 is 2.66 bits per heavy atom. The number of carbonyl (C=O) groups is 3. The topological polar surface area (TPSA) is 92.0 Å². The molecule has 2 aromatic rings. The van der Waals surface area contributed by atoms with E-state index >= 15 is 0 Å². The quantitative estimate of drug-likeness (QED) is 0.581. The summed E-state index contributed by atoms with van der Waals surface area (Å²) in [4.78, 5) is 38.4. The Morgan fingerprint density at radius 1 is 1.14 bits per heavy atom. The van der Waals surface area contributed by atoms with Gasteiger partial charge in [-0.2, -0.15) is 0 Å². The molecule has 1 saturated carbocycles. The number of carbonyl (C=O) groups excluding carboxylic acids is 3. The number of hydrogen-bond acceptors (Lipinski definition) is 7. The Bertz CT molecular complexity index is 951. The van der Waals surface area contributed by atoms with Gasteiger partial charge < -0.3 is 18.6 Å². The lowest BCUT2D eigenvalue weighted by atomic mass is 9.59. The number of hydrogen-bond donors (Lipinski definition) is 0. The summed E-state index contributed by atoms with van der Waals surface area (Å²) >= 11 is 0. The molecule has 0 unspecified atom stereocenters. The fourth-order valence-electron chi connectivity index (χ4n) is 5.06. The average Bonchev–Trinajstić information content (AvgIpc) is 3.32. The van der Waals surface area contributed by atoms with Crippen LogP contribution in [0.4, 0.5) is 0 Å². The van der Waals surface area contributed by atoms with Crippen LogP contribution < -0.4 is 0 Å². The van der Waals surface area contributed by atoms with Crippen molar-refractivity contribution in [3.8, 4) is 0 Å². The van der Waals surface area contributed by atoms with Gasteiger partial charge in [-0.3, -0.25) is 9.59 Å². The van der Waals surface area contributed by atoms with Gasteiger partial charge in [0.15, 0.2) is 6.10 Å². The van der Waals surface area contributed by atoms with Crippen LogP contribution >= 0.6 is 0 Å². The summed E-state index contributed by atoms with van der Waals surface area (Å²) in [5, 5.41) is 0. The highest BCUT2D eigenvalue weighted by molar-refractivity contribution is 5.90. The van der Waals surface area contributed by atoms with E-state index in [-0.39, 0.29) is 12.1 Å². The molecule has 2 saturated heterocycles. The van der Waals surface area contributed by atoms with Crippen LogP contribution in [0.2, 0.25) is 0 Å². The molecule has 1 aromatic carbocycles. The van der Waals surface area contributed by atoms with Gasteiger partial charge in [0.2, 0.25) is 0 Å². The van der Waals surface area contributed by atoms with Crippen molar-refractivity contribution < 1.29 is 33.0 Å². The second-order valence-corrected chi connectivity index (χ2v) is 8.17. The second-order valence-electron chi connectivity index (χ2n) is 8.17. The Morgan fingerprint density at radius 2 is 1.93 bits per heavy atom. The van der Waals surface area contributed by atoms with Crippen LogP contribution in [0.1, 0.15) is 41.8 Å². The van der Waals surface area contributed by atoms with Gasteiger partial charge in [0.25, 0.3) is 0 Å². The Hall–Kier alpha value is -3.09. The maximum absolute atomic E-state index is 12.9. The van der Waals surface area contributed by atoms with Gasteiger partial charge in [0.1, 0.15) is 12.2 Å². The van der Waals surface area contributed by atoms with Gasteiger partial charge in [0.05, 0.1) is 29.4 Å². The van der Waals surface area contributed by atoms with E-state index in [0.717, 1.165) is 0 Å². The van der Waals surface area contributed by atoms with Gasteiger partial charge in [-0.05, 0) is 31.5 Å². The van der Waals surface area contributed by atoms with E-state index in [2.05, 4.69) is 0 Å². The Labute approximate surface area is 166 Å². The van der Waals surface area contributed by atoms with Crippen molar-refractivity contribution >= 4 is 17.9 Å². The third kappa shape index (κ3) is 2.75. The number of benzene rings is 1. The van der Waals surface area contributed by atoms with Crippen molar-refractivity contribution in [2.24, 2.45) is 17.3 Å². The molecule has 0 radical (unpaired) electrons. The molecule has 3 heterocycles. The molecule has 0 N–H and O–H groups in total. The standard InChI is InChI=1S/C22H20O7/c1-22-10-14(27-21(22)25)9-15-16(22)18(29-19(23)12-5-3-2-4-6-12)17(28-20(15)24)13-7-8-26-11-13/h2-8,11,14-18H,9-10H2,1H3/t14-,15+,16-,17+,18-,22-/m0/s1. The number of fused-ring (bicyclic) bond motifs is 4. The zero-order valence-electron chi connectivity index (χ0n) is 15.8. The predicted octanol–water partition coefficient (Wildman–Crippen LogP) is 3.06. The third-order valence-corrected chi connectivity index (χ3v) is 6.40. The molecule has 29 heavy (non-hydrogen) atoms. The molecule has 150 valence electrons. The first-order valence-electron chi connectivity index (χ1n) is 9.67. The highest BCUT2D eigenvalue weighted by Crippen LogP contribution is 2.57. The molecule has 1 aliphatic carbocycles. The lowest BCUT2D eigenvalue weighted by Gasteiger charge is -2.48. The van der Waals surface area contributed by atoms with Gasteiger partial charge in [-0.1, -0.05) is 18.2 Å². The van der Waals surface area contributed by atoms with Crippen molar-refractivity contribution in [3.63, 3.8) is 0 Å². The summed E-state index contributed by atoms with van der Waals surface area (Å²) in [6, 6.07) is 10.3. The number of esters is 3. The fourth-order valence-corrected chi connectivity index (χ4v) is 5.06. The molecule has 7 heteroatoms. The molecule has 3 aliphatic rings. The van der Waals surface area contributed by atoms with Crippen LogP contribution in [0.25, 0.3) is 0 Å². The molecular formula is C22H20O7. The number of rotatable bonds is 3. The number of cyclic esters (lactones) is 1. The molecule has 6 atom stereocenters. The number of ether oxygens (including phenoxy) is 3. The SMILES string of the molecule is C[C@]12C[C@H](C[C@H]3C(=O)O[C@H](c4ccoc4)[C@@H](OC(=O)c4ccccc4)[C@H]31)OC2=O. The Kier molecular flexibility index (Phi) is 4.01. The monoisotopic (exact) mass is 396 g/mol. The molecule has 3 fully saturated rings. The zero-order chi connectivity index (χ0) is 20.2. The minimum absolute atomic E-state index is 0.308. The molecule has 0 spiro atoms. The van der Waals surface area contributed by atoms with Gasteiger partial charge in [-0.25, -0.2) is 4.79 Å². The van der Waals surface area contributed by atoms with Crippen LogP contribution in [0.15, 0.2) is 53.3 Å². The van der Waals surface area contributed by atoms with Crippen molar-refractivity contribution in [2.45, 2.75) is 38.1 Å². The number of furan rings is 1. The zero-order valence-corrected chi connectivity index (χ0v) is 15.8. The van der Waals surface area contributed by atoms with E-state index in [1.54, 1.807) is 43.3 Å². The summed E-state index contributed by atoms with van der Waals surface area (Å²) in [7, 11) is 0. The summed E-state index contributed by atoms with van der Waals surface area (Å²) in [6.45, 7) is 1.79. The smallest absolute Gasteiger partial charge is 0.338 e. The van der Waals surface area contributed by atoms with Crippen molar-refractivity contribution in [1.29, 1.82) is 0 Å². The van der Waals surface area contributed by atoms with Crippen molar-refractivity contribution in [3.05, 3.63) is 60.1 Å². The summed E-state index contributed by atoms with van der Waals surface area (Å²) in [5.41, 5.74) is 0.0517. The molecule has 0 amide bonds. The lowest BCUT2D eigenvalue weighted by molar-refractivity contribution is -0.197. The predicted molar refractivity (Wildman–Crippen MR) is 97.4 cm³/mol. The maximum atomic E-state index is 12.9. The van der Waals surface area contributed by atoms with Gasteiger partial charge >= 0.3 is 17.9 Å². The van der Waals surface area contributed by atoms with E-state index in [1.165, 1.54) is 12.5 Å². The molecule has 5 rings (SSSR count). The van der Waals surface area contributed by atoms with Crippen LogP contribution in [-0.2, 0) is 23.8 Å². The van der Waals surface area contributed by atoms with Crippen LogP contribution in [0.5, 0.6) is 0 Å². The van der Waals surface area contributed by atoms with E-state index in [9.17, 15) is 14.4 Å². The summed E-state index contributed by atoms with van der Waals surface area (Å²) < 4.78 is 22.3. The summed E-state index contributed by atoms with van der Waals surface area (Å²) in [5.74, 6) is -2.39. The molecule has 1 aromatic heterocycles. The second kappa shape index (κ2) is 6.47. The van der Waals surface area contributed by atoms with Crippen molar-refractivity contribution in [1.82, 2.24) is 0 Å². The average molecular weight is 396 g/mol. The first kappa shape index (κ1) is 18.0. The minimum Gasteiger partial charge on any atom is -0.472 e. The normalized spacial score (nSPS) is 35.4. The van der Waals surface area contributed by atoms with Crippen LogP contribution in [-0.4, -0.2) is 30.1 Å². The first-order chi connectivity index (χ1) is 14.0. The lowest BCUT2D eigenvalue weighted by Crippen LogP contribution is -2.56. The maximum Gasteiger partial charge on any atom is 0.338 e. The van der Waals surface area contributed by atoms with Crippen LogP contribution in [0, 0.1) is 17.3 Å². The highest BCUT2D eigenvalue weighted by atomic mass is 16.6. The van der Waals surface area contributed by atoms with Gasteiger partial charge in [0, 0.05) is 17.9 Å². The molecule has 2 aliphatic heterocycles. The molecule has 2 bridgehead atoms. The van der Waals surface area contributed by atoms with Gasteiger partial charge in [-0.15, -0.1) is 0 Å². The minimum atomic E-state index is -0.920. The highest BCUT2D eigenvalue weighted by Gasteiger charge is 2.66. The summed E-state index contributed by atoms with van der Waals surface area (Å²) in [6.07, 6.45) is 1.81.